The molecule has 0 fully saturated rings. The van der Waals surface area contributed by atoms with Gasteiger partial charge in [0.05, 0.1) is 23.7 Å². The van der Waals surface area contributed by atoms with Gasteiger partial charge in [-0.2, -0.15) is 0 Å². The Morgan fingerprint density at radius 3 is 2.57 bits per heavy atom. The first-order valence-electron chi connectivity index (χ1n) is 6.50. The Kier molecular flexibility index (Phi) is 6.95. The van der Waals surface area contributed by atoms with E-state index in [0.717, 1.165) is 0 Å². The number of anilines is 1. The molecule has 1 rings (SSSR count). The highest BCUT2D eigenvalue weighted by molar-refractivity contribution is 6.35. The van der Waals surface area contributed by atoms with Crippen molar-refractivity contribution in [3.05, 3.63) is 28.2 Å². The van der Waals surface area contributed by atoms with Gasteiger partial charge in [0.2, 0.25) is 5.91 Å². The van der Waals surface area contributed by atoms with Gasteiger partial charge in [-0.15, -0.1) is 0 Å². The molecule has 21 heavy (non-hydrogen) atoms. The van der Waals surface area contributed by atoms with Crippen molar-refractivity contribution in [1.82, 2.24) is 4.90 Å². The number of amides is 1. The van der Waals surface area contributed by atoms with Gasteiger partial charge in [-0.05, 0) is 32.0 Å². The summed E-state index contributed by atoms with van der Waals surface area (Å²) >= 11 is 11.8. The van der Waals surface area contributed by atoms with E-state index >= 15 is 0 Å². The number of carbonyl (C=O) groups excluding carboxylic acids is 1. The number of nitrogens with zero attached hydrogens (tertiary/aromatic N) is 1. The van der Waals surface area contributed by atoms with Crippen LogP contribution in [0.1, 0.15) is 20.3 Å². The van der Waals surface area contributed by atoms with E-state index in [9.17, 15) is 9.59 Å². The molecule has 0 aromatic heterocycles. The van der Waals surface area contributed by atoms with E-state index in [2.05, 4.69) is 5.32 Å². The van der Waals surface area contributed by atoms with Crippen LogP contribution >= 0.6 is 23.2 Å². The van der Waals surface area contributed by atoms with E-state index in [1.807, 2.05) is 13.8 Å². The lowest BCUT2D eigenvalue weighted by Crippen LogP contribution is -2.39. The predicted molar refractivity (Wildman–Crippen MR) is 84.1 cm³/mol. The van der Waals surface area contributed by atoms with Gasteiger partial charge in [-0.3, -0.25) is 14.5 Å². The van der Waals surface area contributed by atoms with Crippen molar-refractivity contribution in [3.63, 3.8) is 0 Å². The molecule has 5 nitrogen and oxygen atoms in total. The molecule has 0 saturated heterocycles. The fraction of sp³-hybridized carbons (Fsp3) is 0.429. The molecule has 0 aliphatic rings. The number of carboxylic acids is 1. The second-order valence-electron chi connectivity index (χ2n) is 4.88. The topological polar surface area (TPSA) is 69.6 Å². The molecule has 0 saturated carbocycles. The molecule has 0 radical (unpaired) electrons. The number of aliphatic carboxylic acids is 1. The van der Waals surface area contributed by atoms with E-state index in [1.54, 1.807) is 23.1 Å². The lowest BCUT2D eigenvalue weighted by Gasteiger charge is -2.25. The zero-order chi connectivity index (χ0) is 16.0. The SMILES string of the molecule is CC(C)N(CCC(=O)O)CC(=O)Nc1cc(Cl)ccc1Cl. The third-order valence-electron chi connectivity index (χ3n) is 2.89. The van der Waals surface area contributed by atoms with Crippen molar-refractivity contribution < 1.29 is 14.7 Å². The summed E-state index contributed by atoms with van der Waals surface area (Å²) in [5, 5.41) is 12.3. The third-order valence-corrected chi connectivity index (χ3v) is 3.46. The molecule has 0 aliphatic carbocycles. The smallest absolute Gasteiger partial charge is 0.304 e. The minimum Gasteiger partial charge on any atom is -0.481 e. The van der Waals surface area contributed by atoms with Gasteiger partial charge in [-0.1, -0.05) is 23.2 Å². The van der Waals surface area contributed by atoms with Crippen LogP contribution in [0, 0.1) is 0 Å². The maximum absolute atomic E-state index is 12.0. The first kappa shape index (κ1) is 17.8. The van der Waals surface area contributed by atoms with Crippen molar-refractivity contribution in [3.8, 4) is 0 Å². The third kappa shape index (κ3) is 6.33. The van der Waals surface area contributed by atoms with E-state index in [4.69, 9.17) is 28.3 Å². The maximum Gasteiger partial charge on any atom is 0.304 e. The predicted octanol–water partition coefficient (Wildman–Crippen LogP) is 3.12. The monoisotopic (exact) mass is 332 g/mol. The van der Waals surface area contributed by atoms with E-state index in [0.29, 0.717) is 22.3 Å². The van der Waals surface area contributed by atoms with Crippen molar-refractivity contribution in [2.75, 3.05) is 18.4 Å². The van der Waals surface area contributed by atoms with Gasteiger partial charge in [0, 0.05) is 17.6 Å². The van der Waals surface area contributed by atoms with Crippen LogP contribution < -0.4 is 5.32 Å². The normalized spacial score (nSPS) is 11.0. The first-order valence-corrected chi connectivity index (χ1v) is 7.26. The highest BCUT2D eigenvalue weighted by Gasteiger charge is 2.16. The Hall–Kier alpha value is -1.30. The number of rotatable bonds is 7. The quantitative estimate of drug-likeness (QED) is 0.804. The van der Waals surface area contributed by atoms with Crippen LogP contribution in [0.2, 0.25) is 10.0 Å². The molecule has 2 N–H and O–H groups in total. The number of carboxylic acid groups (broad SMARTS) is 1. The summed E-state index contributed by atoms with van der Waals surface area (Å²) in [6.45, 7) is 4.21. The number of halogens is 2. The van der Waals surface area contributed by atoms with Crippen LogP contribution in [0.15, 0.2) is 18.2 Å². The maximum atomic E-state index is 12.0. The van der Waals surface area contributed by atoms with Gasteiger partial charge in [0.15, 0.2) is 0 Å². The summed E-state index contributed by atoms with van der Waals surface area (Å²) in [6.07, 6.45) is -0.0105. The van der Waals surface area contributed by atoms with E-state index in [-0.39, 0.29) is 24.9 Å². The molecule has 7 heteroatoms. The zero-order valence-electron chi connectivity index (χ0n) is 11.9. The van der Waals surface area contributed by atoms with Crippen LogP contribution in [0.25, 0.3) is 0 Å². The van der Waals surface area contributed by atoms with Crippen LogP contribution in [0.3, 0.4) is 0 Å². The fourth-order valence-electron chi connectivity index (χ4n) is 1.73. The van der Waals surface area contributed by atoms with Gasteiger partial charge in [0.1, 0.15) is 0 Å². The summed E-state index contributed by atoms with van der Waals surface area (Å²) in [4.78, 5) is 24.4. The lowest BCUT2D eigenvalue weighted by atomic mass is 10.2. The highest BCUT2D eigenvalue weighted by Crippen LogP contribution is 2.25. The van der Waals surface area contributed by atoms with Crippen molar-refractivity contribution >= 4 is 40.8 Å². The number of carbonyl (C=O) groups is 2. The molecular formula is C14H18Cl2N2O3. The minimum atomic E-state index is -0.890. The van der Waals surface area contributed by atoms with Crippen molar-refractivity contribution in [2.24, 2.45) is 0 Å². The molecule has 1 aromatic rings. The number of benzene rings is 1. The average molecular weight is 333 g/mol. The minimum absolute atomic E-state index is 0.0105. The summed E-state index contributed by atoms with van der Waals surface area (Å²) < 4.78 is 0. The summed E-state index contributed by atoms with van der Waals surface area (Å²) in [5.41, 5.74) is 0.441. The molecule has 1 amide bonds. The lowest BCUT2D eigenvalue weighted by molar-refractivity contribution is -0.137. The van der Waals surface area contributed by atoms with Gasteiger partial charge in [-0.25, -0.2) is 0 Å². The number of hydrogen-bond acceptors (Lipinski definition) is 3. The van der Waals surface area contributed by atoms with E-state index in [1.165, 1.54) is 0 Å². The molecule has 0 spiro atoms. The molecular weight excluding hydrogens is 315 g/mol. The van der Waals surface area contributed by atoms with Crippen LogP contribution in [0.5, 0.6) is 0 Å². The molecule has 116 valence electrons. The Bertz CT molecular complexity index is 521. The molecule has 0 unspecified atom stereocenters. The van der Waals surface area contributed by atoms with Crippen LogP contribution in [-0.2, 0) is 9.59 Å². The molecule has 0 atom stereocenters. The second-order valence-corrected chi connectivity index (χ2v) is 5.72. The van der Waals surface area contributed by atoms with Gasteiger partial charge >= 0.3 is 5.97 Å². The summed E-state index contributed by atoms with van der Waals surface area (Å²) in [5.74, 6) is -1.16. The largest absolute Gasteiger partial charge is 0.481 e. The summed E-state index contributed by atoms with van der Waals surface area (Å²) in [6, 6.07) is 4.86. The highest BCUT2D eigenvalue weighted by atomic mass is 35.5. The van der Waals surface area contributed by atoms with Crippen molar-refractivity contribution in [1.29, 1.82) is 0 Å². The zero-order valence-corrected chi connectivity index (χ0v) is 13.4. The summed E-state index contributed by atoms with van der Waals surface area (Å²) in [7, 11) is 0. The second kappa shape index (κ2) is 8.22. The molecule has 0 aliphatic heterocycles. The molecule has 0 bridgehead atoms. The molecule has 0 heterocycles. The number of hydrogen-bond donors (Lipinski definition) is 2. The first-order chi connectivity index (χ1) is 9.79. The van der Waals surface area contributed by atoms with Gasteiger partial charge < -0.3 is 10.4 Å². The van der Waals surface area contributed by atoms with Crippen LogP contribution in [-0.4, -0.2) is 41.0 Å². The van der Waals surface area contributed by atoms with Crippen LogP contribution in [0.4, 0.5) is 5.69 Å². The van der Waals surface area contributed by atoms with Gasteiger partial charge in [0.25, 0.3) is 0 Å². The Balaban J connectivity index is 2.65. The average Bonchev–Trinajstić information content (AvgIpc) is 2.38. The number of nitrogens with one attached hydrogen (secondary N) is 1. The standard InChI is InChI=1S/C14H18Cl2N2O3/c1-9(2)18(6-5-14(20)21)8-13(19)17-12-7-10(15)3-4-11(12)16/h3-4,7,9H,5-6,8H2,1-2H3,(H,17,19)(H,20,21). The van der Waals surface area contributed by atoms with Crippen molar-refractivity contribution in [2.45, 2.75) is 26.3 Å². The fourth-order valence-corrected chi connectivity index (χ4v) is 2.06. The Morgan fingerprint density at radius 1 is 1.33 bits per heavy atom. The molecule has 1 aromatic carbocycles. The Morgan fingerprint density at radius 2 is 2.00 bits per heavy atom. The Labute approximate surface area is 133 Å². The van der Waals surface area contributed by atoms with E-state index < -0.39 is 5.97 Å².